The molecule has 1 aromatic rings. The third-order valence-electron chi connectivity index (χ3n) is 3.12. The highest BCUT2D eigenvalue weighted by atomic mass is 35.5. The maximum absolute atomic E-state index is 12.5. The van der Waals surface area contributed by atoms with E-state index in [4.69, 9.17) is 16.7 Å². The first-order chi connectivity index (χ1) is 8.95. The number of nitrogens with zero attached hydrogens (tertiary/aromatic N) is 1. The Labute approximate surface area is 118 Å². The van der Waals surface area contributed by atoms with Gasteiger partial charge in [0.25, 0.3) is 0 Å². The van der Waals surface area contributed by atoms with Crippen LogP contribution in [0.1, 0.15) is 18.9 Å². The number of benzene rings is 1. The number of hydrogen-bond acceptors (Lipinski definition) is 3. The Morgan fingerprint density at radius 1 is 1.42 bits per heavy atom. The largest absolute Gasteiger partial charge is 0.392 e. The van der Waals surface area contributed by atoms with Gasteiger partial charge < -0.3 is 5.11 Å². The standard InChI is InChI=1S/C13H16ClNO3S/c1-10-3-2-6-15(8-10)19(17,18)12-4-5-13(14)11(7-12)9-16/h3-5,7,16H,2,6,8-9H2,1H3. The van der Waals surface area contributed by atoms with Crippen LogP contribution in [-0.2, 0) is 16.6 Å². The Morgan fingerprint density at radius 2 is 2.16 bits per heavy atom. The maximum Gasteiger partial charge on any atom is 0.243 e. The summed E-state index contributed by atoms with van der Waals surface area (Å²) in [6, 6.07) is 4.42. The van der Waals surface area contributed by atoms with E-state index >= 15 is 0 Å². The van der Waals surface area contributed by atoms with Crippen LogP contribution in [-0.4, -0.2) is 30.9 Å². The quantitative estimate of drug-likeness (QED) is 0.871. The van der Waals surface area contributed by atoms with Crippen molar-refractivity contribution in [2.45, 2.75) is 24.8 Å². The molecule has 0 amide bonds. The van der Waals surface area contributed by atoms with Gasteiger partial charge in [0.2, 0.25) is 10.0 Å². The minimum atomic E-state index is -3.52. The number of hydrogen-bond donors (Lipinski definition) is 1. The lowest BCUT2D eigenvalue weighted by atomic mass is 10.2. The number of rotatable bonds is 3. The molecule has 19 heavy (non-hydrogen) atoms. The second-order valence-corrected chi connectivity index (χ2v) is 6.93. The molecule has 0 aliphatic carbocycles. The monoisotopic (exact) mass is 301 g/mol. The van der Waals surface area contributed by atoms with Crippen LogP contribution in [0.4, 0.5) is 0 Å². The molecule has 104 valence electrons. The van der Waals surface area contributed by atoms with Crippen molar-refractivity contribution in [3.8, 4) is 0 Å². The van der Waals surface area contributed by atoms with Crippen LogP contribution < -0.4 is 0 Å². The number of sulfonamides is 1. The first-order valence-corrected chi connectivity index (χ1v) is 7.82. The fourth-order valence-corrected chi connectivity index (χ4v) is 3.79. The van der Waals surface area contributed by atoms with Crippen molar-refractivity contribution in [1.82, 2.24) is 4.31 Å². The van der Waals surface area contributed by atoms with E-state index in [1.54, 1.807) is 0 Å². The fraction of sp³-hybridized carbons (Fsp3) is 0.385. The first kappa shape index (κ1) is 14.5. The molecular weight excluding hydrogens is 286 g/mol. The molecule has 2 rings (SSSR count). The van der Waals surface area contributed by atoms with Crippen molar-refractivity contribution in [1.29, 1.82) is 0 Å². The van der Waals surface area contributed by atoms with Crippen molar-refractivity contribution < 1.29 is 13.5 Å². The van der Waals surface area contributed by atoms with Crippen LogP contribution >= 0.6 is 11.6 Å². The van der Waals surface area contributed by atoms with E-state index in [1.165, 1.54) is 22.5 Å². The summed E-state index contributed by atoms with van der Waals surface area (Å²) < 4.78 is 26.4. The molecule has 1 aliphatic heterocycles. The zero-order chi connectivity index (χ0) is 14.0. The topological polar surface area (TPSA) is 57.6 Å². The third-order valence-corrected chi connectivity index (χ3v) is 5.33. The smallest absolute Gasteiger partial charge is 0.243 e. The number of halogens is 1. The van der Waals surface area contributed by atoms with Gasteiger partial charge in [0.05, 0.1) is 11.5 Å². The lowest BCUT2D eigenvalue weighted by Gasteiger charge is -2.25. The molecule has 0 fully saturated rings. The zero-order valence-electron chi connectivity index (χ0n) is 10.6. The number of aliphatic hydroxyl groups excluding tert-OH is 1. The minimum Gasteiger partial charge on any atom is -0.392 e. The van der Waals surface area contributed by atoms with Crippen molar-refractivity contribution in [2.24, 2.45) is 0 Å². The van der Waals surface area contributed by atoms with Gasteiger partial charge in [-0.05, 0) is 37.1 Å². The van der Waals surface area contributed by atoms with Crippen LogP contribution in [0.25, 0.3) is 0 Å². The summed E-state index contributed by atoms with van der Waals surface area (Å²) in [4.78, 5) is 0.177. The second kappa shape index (κ2) is 5.63. The van der Waals surface area contributed by atoms with Crippen LogP contribution in [0.5, 0.6) is 0 Å². The van der Waals surface area contributed by atoms with Crippen LogP contribution in [0.3, 0.4) is 0 Å². The van der Waals surface area contributed by atoms with E-state index < -0.39 is 10.0 Å². The summed E-state index contributed by atoms with van der Waals surface area (Å²) in [7, 11) is -3.52. The Hall–Kier alpha value is -0.880. The van der Waals surface area contributed by atoms with E-state index in [0.717, 1.165) is 12.0 Å². The number of aliphatic hydroxyl groups is 1. The molecule has 0 saturated heterocycles. The zero-order valence-corrected chi connectivity index (χ0v) is 12.2. The van der Waals surface area contributed by atoms with Crippen LogP contribution in [0.2, 0.25) is 5.02 Å². The Bertz CT molecular complexity index is 610. The maximum atomic E-state index is 12.5. The highest BCUT2D eigenvalue weighted by molar-refractivity contribution is 7.89. The molecule has 1 N–H and O–H groups in total. The van der Waals surface area contributed by atoms with Crippen molar-refractivity contribution in [3.63, 3.8) is 0 Å². The lowest BCUT2D eigenvalue weighted by Crippen LogP contribution is -2.35. The normalized spacial score (nSPS) is 17.3. The van der Waals surface area contributed by atoms with Crippen molar-refractivity contribution in [2.75, 3.05) is 13.1 Å². The predicted molar refractivity (Wildman–Crippen MR) is 74.5 cm³/mol. The second-order valence-electron chi connectivity index (χ2n) is 4.59. The fourth-order valence-electron chi connectivity index (χ4n) is 2.06. The van der Waals surface area contributed by atoms with E-state index in [2.05, 4.69) is 0 Å². The molecular formula is C13H16ClNO3S. The van der Waals surface area contributed by atoms with Crippen LogP contribution in [0.15, 0.2) is 34.7 Å². The van der Waals surface area contributed by atoms with Gasteiger partial charge in [-0.25, -0.2) is 8.42 Å². The minimum absolute atomic E-state index is 0.177. The molecule has 0 aromatic heterocycles. The van der Waals surface area contributed by atoms with Crippen LogP contribution in [0, 0.1) is 0 Å². The summed E-state index contributed by atoms with van der Waals surface area (Å²) in [5.74, 6) is 0. The molecule has 1 aliphatic rings. The highest BCUT2D eigenvalue weighted by Crippen LogP contribution is 2.24. The average molecular weight is 302 g/mol. The van der Waals surface area contributed by atoms with Crippen molar-refractivity contribution in [3.05, 3.63) is 40.4 Å². The molecule has 0 bridgehead atoms. The van der Waals surface area contributed by atoms with Gasteiger partial charge in [-0.3, -0.25) is 0 Å². The summed E-state index contributed by atoms with van der Waals surface area (Å²) in [6.45, 7) is 2.54. The molecule has 6 heteroatoms. The van der Waals surface area contributed by atoms with Gasteiger partial charge in [-0.15, -0.1) is 0 Å². The Morgan fingerprint density at radius 3 is 2.79 bits per heavy atom. The van der Waals surface area contributed by atoms with Gasteiger partial charge in [-0.2, -0.15) is 4.31 Å². The van der Waals surface area contributed by atoms with E-state index in [1.807, 2.05) is 13.0 Å². The third kappa shape index (κ3) is 3.00. The first-order valence-electron chi connectivity index (χ1n) is 6.00. The molecule has 1 aromatic carbocycles. The van der Waals surface area contributed by atoms with Gasteiger partial charge in [0.15, 0.2) is 0 Å². The molecule has 0 unspecified atom stereocenters. The van der Waals surface area contributed by atoms with Gasteiger partial charge in [0, 0.05) is 18.1 Å². The Kier molecular flexibility index (Phi) is 4.30. The van der Waals surface area contributed by atoms with E-state index in [-0.39, 0.29) is 11.5 Å². The summed E-state index contributed by atoms with van der Waals surface area (Å²) >= 11 is 5.88. The molecule has 0 saturated carbocycles. The highest BCUT2D eigenvalue weighted by Gasteiger charge is 2.26. The SMILES string of the molecule is CC1=CCCN(S(=O)(=O)c2ccc(Cl)c(CO)c2)C1. The molecule has 1 heterocycles. The summed E-state index contributed by atoms with van der Waals surface area (Å²) in [6.07, 6.45) is 2.78. The molecule has 4 nitrogen and oxygen atoms in total. The predicted octanol–water partition coefficient (Wildman–Crippen LogP) is 2.17. The van der Waals surface area contributed by atoms with Gasteiger partial charge in [0.1, 0.15) is 0 Å². The lowest BCUT2D eigenvalue weighted by molar-refractivity contribution is 0.281. The molecule has 0 radical (unpaired) electrons. The van der Waals surface area contributed by atoms with Gasteiger partial charge in [-0.1, -0.05) is 23.3 Å². The summed E-state index contributed by atoms with van der Waals surface area (Å²) in [5, 5.41) is 9.53. The molecule has 0 spiro atoms. The average Bonchev–Trinajstić information content (AvgIpc) is 2.39. The van der Waals surface area contributed by atoms with Crippen molar-refractivity contribution >= 4 is 21.6 Å². The summed E-state index contributed by atoms with van der Waals surface area (Å²) in [5.41, 5.74) is 1.47. The Balaban J connectivity index is 2.37. The molecule has 0 atom stereocenters. The van der Waals surface area contributed by atoms with E-state index in [9.17, 15) is 8.42 Å². The van der Waals surface area contributed by atoms with Gasteiger partial charge >= 0.3 is 0 Å². The van der Waals surface area contributed by atoms with E-state index in [0.29, 0.717) is 23.7 Å².